The normalized spacial score (nSPS) is 9.58. The first-order chi connectivity index (χ1) is 9.29. The fourth-order valence-electron chi connectivity index (χ4n) is 1.67. The van der Waals surface area contributed by atoms with Crippen LogP contribution in [0.5, 0.6) is 0 Å². The minimum absolute atomic E-state index is 0.168. The van der Waals surface area contributed by atoms with Gasteiger partial charge in [0, 0.05) is 12.7 Å². The molecule has 0 spiro atoms. The molecular formula is C15H21N3O. The molecule has 0 radical (unpaired) electrons. The van der Waals surface area contributed by atoms with E-state index < -0.39 is 0 Å². The first kappa shape index (κ1) is 15.2. The van der Waals surface area contributed by atoms with E-state index in [1.165, 1.54) is 12.8 Å². The number of amides is 1. The van der Waals surface area contributed by atoms with Crippen LogP contribution >= 0.6 is 0 Å². The fraction of sp³-hybridized carbons (Fsp3) is 0.467. The lowest BCUT2D eigenvalue weighted by atomic mass is 10.1. The Bertz CT molecular complexity index is 460. The molecule has 0 fully saturated rings. The minimum atomic E-state index is -0.168. The van der Waals surface area contributed by atoms with E-state index in [9.17, 15) is 4.79 Å². The van der Waals surface area contributed by atoms with E-state index in [2.05, 4.69) is 29.1 Å². The maximum Gasteiger partial charge on any atom is 0.271 e. The smallest absolute Gasteiger partial charge is 0.271 e. The Kier molecular flexibility index (Phi) is 7.30. The number of hydrogen-bond donors (Lipinski definition) is 2. The van der Waals surface area contributed by atoms with E-state index >= 15 is 0 Å². The van der Waals surface area contributed by atoms with Crippen molar-refractivity contribution in [2.45, 2.75) is 32.6 Å². The number of nitrogens with zero attached hydrogens (tertiary/aromatic N) is 1. The van der Waals surface area contributed by atoms with E-state index in [1.54, 1.807) is 18.3 Å². The molecule has 0 aliphatic carbocycles. The lowest BCUT2D eigenvalue weighted by Gasteiger charge is -2.05. The Balaban J connectivity index is 2.56. The summed E-state index contributed by atoms with van der Waals surface area (Å²) >= 11 is 0. The molecule has 0 saturated carbocycles. The highest BCUT2D eigenvalue weighted by molar-refractivity contribution is 5.94. The molecule has 1 rings (SSSR count). The molecular weight excluding hydrogens is 238 g/mol. The van der Waals surface area contributed by atoms with Gasteiger partial charge < -0.3 is 11.1 Å². The SMILES string of the molecule is CCCCCCNC(=O)c1ncccc1C#CCN. The number of carbonyl (C=O) groups is 1. The van der Waals surface area contributed by atoms with Crippen LogP contribution in [0.3, 0.4) is 0 Å². The Hall–Kier alpha value is -1.86. The fourth-order valence-corrected chi connectivity index (χ4v) is 1.67. The highest BCUT2D eigenvalue weighted by Gasteiger charge is 2.10. The van der Waals surface area contributed by atoms with Gasteiger partial charge in [0.05, 0.1) is 12.1 Å². The lowest BCUT2D eigenvalue weighted by Crippen LogP contribution is -2.26. The number of pyridine rings is 1. The summed E-state index contributed by atoms with van der Waals surface area (Å²) in [5, 5.41) is 2.87. The second-order valence-corrected chi connectivity index (χ2v) is 4.22. The van der Waals surface area contributed by atoms with Gasteiger partial charge in [0.2, 0.25) is 0 Å². The molecule has 0 aliphatic heterocycles. The molecule has 0 aromatic carbocycles. The van der Waals surface area contributed by atoms with Crippen LogP contribution in [0.15, 0.2) is 18.3 Å². The summed E-state index contributed by atoms with van der Waals surface area (Å²) in [6, 6.07) is 3.54. The van der Waals surface area contributed by atoms with Crippen LogP contribution in [-0.4, -0.2) is 24.0 Å². The first-order valence-electron chi connectivity index (χ1n) is 6.71. The van der Waals surface area contributed by atoms with E-state index in [-0.39, 0.29) is 12.5 Å². The highest BCUT2D eigenvalue weighted by atomic mass is 16.1. The van der Waals surface area contributed by atoms with Crippen LogP contribution < -0.4 is 11.1 Å². The molecule has 1 aromatic rings. The molecule has 1 heterocycles. The van der Waals surface area contributed by atoms with Crippen LogP contribution in [-0.2, 0) is 0 Å². The van der Waals surface area contributed by atoms with Gasteiger partial charge in [-0.25, -0.2) is 4.98 Å². The predicted molar refractivity (Wildman–Crippen MR) is 76.6 cm³/mol. The molecule has 1 amide bonds. The van der Waals surface area contributed by atoms with Gasteiger partial charge in [0.25, 0.3) is 5.91 Å². The van der Waals surface area contributed by atoms with E-state index in [0.29, 0.717) is 17.8 Å². The first-order valence-corrected chi connectivity index (χ1v) is 6.71. The summed E-state index contributed by atoms with van der Waals surface area (Å²) in [7, 11) is 0. The largest absolute Gasteiger partial charge is 0.351 e. The monoisotopic (exact) mass is 259 g/mol. The molecule has 102 valence electrons. The molecule has 19 heavy (non-hydrogen) atoms. The molecule has 0 unspecified atom stereocenters. The number of hydrogen-bond acceptors (Lipinski definition) is 3. The van der Waals surface area contributed by atoms with Crippen molar-refractivity contribution in [2.24, 2.45) is 5.73 Å². The number of unbranched alkanes of at least 4 members (excludes halogenated alkanes) is 3. The second-order valence-electron chi connectivity index (χ2n) is 4.22. The third kappa shape index (κ3) is 5.54. The van der Waals surface area contributed by atoms with Gasteiger partial charge >= 0.3 is 0 Å². The lowest BCUT2D eigenvalue weighted by molar-refractivity contribution is 0.0947. The Labute approximate surface area is 114 Å². The molecule has 4 heteroatoms. The van der Waals surface area contributed by atoms with Crippen molar-refractivity contribution in [3.05, 3.63) is 29.6 Å². The summed E-state index contributed by atoms with van der Waals surface area (Å²) in [6.45, 7) is 3.11. The van der Waals surface area contributed by atoms with Gasteiger partial charge in [-0.2, -0.15) is 0 Å². The van der Waals surface area contributed by atoms with Crippen LogP contribution in [0.1, 0.15) is 48.7 Å². The van der Waals surface area contributed by atoms with Gasteiger partial charge in [-0.15, -0.1) is 0 Å². The van der Waals surface area contributed by atoms with E-state index in [0.717, 1.165) is 12.8 Å². The zero-order valence-corrected chi connectivity index (χ0v) is 11.4. The second kappa shape index (κ2) is 9.12. The maximum absolute atomic E-state index is 12.0. The predicted octanol–water partition coefficient (Wildman–Crippen LogP) is 1.70. The number of aromatic nitrogens is 1. The number of carbonyl (C=O) groups excluding carboxylic acids is 1. The van der Waals surface area contributed by atoms with Crippen molar-refractivity contribution in [3.8, 4) is 11.8 Å². The Morgan fingerprint density at radius 1 is 1.42 bits per heavy atom. The van der Waals surface area contributed by atoms with Crippen molar-refractivity contribution in [2.75, 3.05) is 13.1 Å². The van der Waals surface area contributed by atoms with Gasteiger partial charge in [-0.3, -0.25) is 4.79 Å². The summed E-state index contributed by atoms with van der Waals surface area (Å²) < 4.78 is 0. The number of nitrogens with two attached hydrogens (primary N) is 1. The summed E-state index contributed by atoms with van der Waals surface area (Å²) in [5.74, 6) is 5.44. The molecule has 4 nitrogen and oxygen atoms in total. The average molecular weight is 259 g/mol. The molecule has 1 aromatic heterocycles. The zero-order valence-electron chi connectivity index (χ0n) is 11.4. The maximum atomic E-state index is 12.0. The summed E-state index contributed by atoms with van der Waals surface area (Å²) in [4.78, 5) is 16.1. The standard InChI is InChI=1S/C15H21N3O/c1-2-3-4-5-11-18-15(19)14-13(8-6-10-16)9-7-12-17-14/h7,9,12H,2-5,10-11,16H2,1H3,(H,18,19). The molecule has 0 aliphatic rings. The van der Waals surface area contributed by atoms with Crippen molar-refractivity contribution in [3.63, 3.8) is 0 Å². The number of rotatable bonds is 6. The van der Waals surface area contributed by atoms with E-state index in [1.807, 2.05) is 0 Å². The molecule has 0 saturated heterocycles. The highest BCUT2D eigenvalue weighted by Crippen LogP contribution is 2.04. The minimum Gasteiger partial charge on any atom is -0.351 e. The van der Waals surface area contributed by atoms with Gasteiger partial charge in [-0.1, -0.05) is 38.0 Å². The van der Waals surface area contributed by atoms with Gasteiger partial charge in [-0.05, 0) is 18.6 Å². The van der Waals surface area contributed by atoms with Crippen LogP contribution in [0.2, 0.25) is 0 Å². The third-order valence-corrected chi connectivity index (χ3v) is 2.66. The van der Waals surface area contributed by atoms with Gasteiger partial charge in [0.15, 0.2) is 0 Å². The van der Waals surface area contributed by atoms with Crippen LogP contribution in [0.4, 0.5) is 0 Å². The zero-order chi connectivity index (χ0) is 13.9. The molecule has 0 atom stereocenters. The topological polar surface area (TPSA) is 68.0 Å². The number of nitrogens with one attached hydrogen (secondary N) is 1. The summed E-state index contributed by atoms with van der Waals surface area (Å²) in [5.41, 5.74) is 6.33. The summed E-state index contributed by atoms with van der Waals surface area (Å²) in [6.07, 6.45) is 6.12. The van der Waals surface area contributed by atoms with Crippen LogP contribution in [0.25, 0.3) is 0 Å². The van der Waals surface area contributed by atoms with Crippen molar-refractivity contribution in [1.29, 1.82) is 0 Å². The Morgan fingerprint density at radius 3 is 3.00 bits per heavy atom. The molecule has 0 bridgehead atoms. The Morgan fingerprint density at radius 2 is 2.26 bits per heavy atom. The van der Waals surface area contributed by atoms with Crippen molar-refractivity contribution >= 4 is 5.91 Å². The van der Waals surface area contributed by atoms with Crippen molar-refractivity contribution < 1.29 is 4.79 Å². The quantitative estimate of drug-likeness (QED) is 0.603. The van der Waals surface area contributed by atoms with Crippen LogP contribution in [0, 0.1) is 11.8 Å². The molecule has 3 N–H and O–H groups in total. The van der Waals surface area contributed by atoms with E-state index in [4.69, 9.17) is 5.73 Å². The van der Waals surface area contributed by atoms with Crippen molar-refractivity contribution in [1.82, 2.24) is 10.3 Å². The van der Waals surface area contributed by atoms with Gasteiger partial charge in [0.1, 0.15) is 5.69 Å². The third-order valence-electron chi connectivity index (χ3n) is 2.66. The average Bonchev–Trinajstić information content (AvgIpc) is 2.45.